The molecule has 3 unspecified atom stereocenters. The van der Waals surface area contributed by atoms with Crippen molar-refractivity contribution in [3.8, 4) is 0 Å². The second-order valence-corrected chi connectivity index (χ2v) is 10.4. The Hall–Kier alpha value is -1.19. The average Bonchev–Trinajstić information content (AvgIpc) is 2.63. The third kappa shape index (κ3) is 5.73. The minimum Gasteiger partial charge on any atom is -0.373 e. The Balaban J connectivity index is 2.29. The second-order valence-electron chi connectivity index (χ2n) is 8.12. The fourth-order valence-corrected chi connectivity index (χ4v) is 5.99. The Labute approximate surface area is 185 Å². The summed E-state index contributed by atoms with van der Waals surface area (Å²) >= 11 is 6.20. The van der Waals surface area contributed by atoms with Gasteiger partial charge in [0, 0.05) is 31.9 Å². The standard InChI is InChI=1S/C21H34ClN3O4S/c1-7-25(8-2)30(27,28)19-11-17(9-10-18(19)22)23-21(26)20(14(3)4)24-12-15(5)29-16(6)13-24/h9-11,14-16,20H,7-8,12-13H2,1-6H3,(H,23,26). The summed E-state index contributed by atoms with van der Waals surface area (Å²) in [5, 5.41) is 3.04. The van der Waals surface area contributed by atoms with Crippen LogP contribution in [0.15, 0.2) is 23.1 Å². The van der Waals surface area contributed by atoms with Crippen molar-refractivity contribution in [3.05, 3.63) is 23.2 Å². The lowest BCUT2D eigenvalue weighted by atomic mass is 9.99. The normalized spacial score (nSPS) is 21.8. The van der Waals surface area contributed by atoms with E-state index in [9.17, 15) is 13.2 Å². The number of hydrogen-bond donors (Lipinski definition) is 1. The molecule has 0 saturated carbocycles. The molecule has 7 nitrogen and oxygen atoms in total. The van der Waals surface area contributed by atoms with Gasteiger partial charge in [-0.3, -0.25) is 9.69 Å². The minimum atomic E-state index is -3.74. The van der Waals surface area contributed by atoms with E-state index in [-0.39, 0.29) is 40.0 Å². The molecule has 0 bridgehead atoms. The van der Waals surface area contributed by atoms with Gasteiger partial charge in [-0.1, -0.05) is 39.3 Å². The third-order valence-electron chi connectivity index (χ3n) is 5.26. The number of nitrogens with zero attached hydrogens (tertiary/aromatic N) is 2. The quantitative estimate of drug-likeness (QED) is 0.644. The zero-order valence-corrected chi connectivity index (χ0v) is 20.3. The number of morpholine rings is 1. The molecule has 1 amide bonds. The van der Waals surface area contributed by atoms with Crippen molar-refractivity contribution in [1.29, 1.82) is 0 Å². The first-order chi connectivity index (χ1) is 14.0. The van der Waals surface area contributed by atoms with Gasteiger partial charge in [0.25, 0.3) is 0 Å². The fourth-order valence-electron chi connectivity index (χ4n) is 4.03. The number of amides is 1. The van der Waals surface area contributed by atoms with Crippen molar-refractivity contribution in [2.24, 2.45) is 5.92 Å². The van der Waals surface area contributed by atoms with Crippen molar-refractivity contribution >= 4 is 33.2 Å². The summed E-state index contributed by atoms with van der Waals surface area (Å²) in [5.74, 6) is -0.0894. The average molecular weight is 460 g/mol. The van der Waals surface area contributed by atoms with Crippen LogP contribution in [0.1, 0.15) is 41.5 Å². The van der Waals surface area contributed by atoms with Gasteiger partial charge in [-0.25, -0.2) is 8.42 Å². The van der Waals surface area contributed by atoms with Crippen LogP contribution in [0.25, 0.3) is 0 Å². The molecule has 1 N–H and O–H groups in total. The van der Waals surface area contributed by atoms with E-state index in [2.05, 4.69) is 10.2 Å². The van der Waals surface area contributed by atoms with Gasteiger partial charge in [-0.15, -0.1) is 0 Å². The molecule has 30 heavy (non-hydrogen) atoms. The van der Waals surface area contributed by atoms with Crippen LogP contribution >= 0.6 is 11.6 Å². The first kappa shape index (κ1) is 25.1. The third-order valence-corrected chi connectivity index (χ3v) is 7.79. The molecule has 0 radical (unpaired) electrons. The Kier molecular flexibility index (Phi) is 8.70. The lowest BCUT2D eigenvalue weighted by Crippen LogP contribution is -2.55. The lowest BCUT2D eigenvalue weighted by molar-refractivity contribution is -0.130. The number of hydrogen-bond acceptors (Lipinski definition) is 5. The summed E-state index contributed by atoms with van der Waals surface area (Å²) in [6, 6.07) is 4.23. The van der Waals surface area contributed by atoms with Crippen LogP contribution in [-0.2, 0) is 19.6 Å². The van der Waals surface area contributed by atoms with Crippen LogP contribution in [0, 0.1) is 5.92 Å². The molecule has 3 atom stereocenters. The van der Waals surface area contributed by atoms with Crippen molar-refractivity contribution in [3.63, 3.8) is 0 Å². The highest BCUT2D eigenvalue weighted by atomic mass is 35.5. The Morgan fingerprint density at radius 2 is 1.80 bits per heavy atom. The summed E-state index contributed by atoms with van der Waals surface area (Å²) in [5.41, 5.74) is 0.412. The van der Waals surface area contributed by atoms with Crippen LogP contribution < -0.4 is 5.32 Å². The molecule has 1 saturated heterocycles. The van der Waals surface area contributed by atoms with E-state index in [4.69, 9.17) is 16.3 Å². The van der Waals surface area contributed by atoms with E-state index in [1.807, 2.05) is 27.7 Å². The van der Waals surface area contributed by atoms with Crippen LogP contribution in [0.2, 0.25) is 5.02 Å². The Morgan fingerprint density at radius 1 is 1.23 bits per heavy atom. The molecule has 1 heterocycles. The summed E-state index contributed by atoms with van der Waals surface area (Å²) in [4.78, 5) is 15.3. The molecule has 1 aromatic rings. The number of carbonyl (C=O) groups excluding carboxylic acids is 1. The summed E-state index contributed by atoms with van der Waals surface area (Å²) < 4.78 is 33.0. The number of benzene rings is 1. The number of nitrogens with one attached hydrogen (secondary N) is 1. The molecule has 170 valence electrons. The summed E-state index contributed by atoms with van der Waals surface area (Å²) in [7, 11) is -3.74. The molecule has 0 aromatic heterocycles. The molecule has 0 aliphatic carbocycles. The first-order valence-corrected chi connectivity index (χ1v) is 12.3. The molecule has 1 aliphatic heterocycles. The highest BCUT2D eigenvalue weighted by Crippen LogP contribution is 2.28. The molecule has 1 fully saturated rings. The van der Waals surface area contributed by atoms with Crippen LogP contribution in [0.4, 0.5) is 5.69 Å². The van der Waals surface area contributed by atoms with Gasteiger partial charge in [-0.2, -0.15) is 4.31 Å². The Bertz CT molecular complexity index is 833. The van der Waals surface area contributed by atoms with Crippen molar-refractivity contribution in [2.45, 2.75) is 64.7 Å². The Morgan fingerprint density at radius 3 is 2.30 bits per heavy atom. The predicted molar refractivity (Wildman–Crippen MR) is 120 cm³/mol. The smallest absolute Gasteiger partial charge is 0.244 e. The van der Waals surface area contributed by atoms with Gasteiger partial charge in [0.2, 0.25) is 15.9 Å². The molecular formula is C21H34ClN3O4S. The molecule has 1 aliphatic rings. The zero-order chi connectivity index (χ0) is 22.6. The minimum absolute atomic E-state index is 0.000352. The molecule has 1 aromatic carbocycles. The van der Waals surface area contributed by atoms with Gasteiger partial charge < -0.3 is 10.1 Å². The van der Waals surface area contributed by atoms with Gasteiger partial charge in [0.05, 0.1) is 23.3 Å². The lowest BCUT2D eigenvalue weighted by Gasteiger charge is -2.41. The number of rotatable bonds is 8. The van der Waals surface area contributed by atoms with Gasteiger partial charge in [0.15, 0.2) is 0 Å². The molecule has 9 heteroatoms. The van der Waals surface area contributed by atoms with E-state index in [1.54, 1.807) is 19.9 Å². The van der Waals surface area contributed by atoms with Crippen LogP contribution in [0.3, 0.4) is 0 Å². The predicted octanol–water partition coefficient (Wildman–Crippen LogP) is 3.44. The van der Waals surface area contributed by atoms with E-state index < -0.39 is 10.0 Å². The number of halogens is 1. The van der Waals surface area contributed by atoms with Gasteiger partial charge in [-0.05, 0) is 38.0 Å². The summed E-state index contributed by atoms with van der Waals surface area (Å²) in [6.45, 7) is 13.6. The van der Waals surface area contributed by atoms with E-state index in [1.165, 1.54) is 16.4 Å². The largest absolute Gasteiger partial charge is 0.373 e. The zero-order valence-electron chi connectivity index (χ0n) is 18.7. The van der Waals surface area contributed by atoms with Crippen LogP contribution in [0.5, 0.6) is 0 Å². The SMILES string of the molecule is CCN(CC)S(=O)(=O)c1cc(NC(=O)C(C(C)C)N2CC(C)OC(C)C2)ccc1Cl. The molecular weight excluding hydrogens is 426 g/mol. The van der Waals surface area contributed by atoms with Gasteiger partial charge in [0.1, 0.15) is 4.90 Å². The molecule has 0 spiro atoms. The topological polar surface area (TPSA) is 79.0 Å². The maximum Gasteiger partial charge on any atom is 0.244 e. The maximum atomic E-state index is 13.2. The van der Waals surface area contributed by atoms with Crippen molar-refractivity contribution in [2.75, 3.05) is 31.5 Å². The van der Waals surface area contributed by atoms with E-state index in [0.717, 1.165) is 0 Å². The van der Waals surface area contributed by atoms with E-state index >= 15 is 0 Å². The number of carbonyl (C=O) groups is 1. The van der Waals surface area contributed by atoms with Crippen LogP contribution in [-0.4, -0.2) is 68.0 Å². The highest BCUT2D eigenvalue weighted by molar-refractivity contribution is 7.89. The van der Waals surface area contributed by atoms with E-state index in [0.29, 0.717) is 31.9 Å². The number of sulfonamides is 1. The number of anilines is 1. The van der Waals surface area contributed by atoms with Gasteiger partial charge >= 0.3 is 0 Å². The maximum absolute atomic E-state index is 13.2. The number of ether oxygens (including phenoxy) is 1. The monoisotopic (exact) mass is 459 g/mol. The first-order valence-electron chi connectivity index (χ1n) is 10.5. The summed E-state index contributed by atoms with van der Waals surface area (Å²) in [6.07, 6.45) is 0.0910. The fraction of sp³-hybridized carbons (Fsp3) is 0.667. The second kappa shape index (κ2) is 10.4. The molecule has 2 rings (SSSR count). The highest BCUT2D eigenvalue weighted by Gasteiger charge is 2.34. The van der Waals surface area contributed by atoms with Crippen molar-refractivity contribution < 1.29 is 17.9 Å². The van der Waals surface area contributed by atoms with Crippen molar-refractivity contribution in [1.82, 2.24) is 9.21 Å².